The second kappa shape index (κ2) is 7.45. The number of amidine groups is 1. The van der Waals surface area contributed by atoms with Gasteiger partial charge in [0.1, 0.15) is 5.84 Å². The molecule has 130 valence electrons. The van der Waals surface area contributed by atoms with Crippen LogP contribution in [0.1, 0.15) is 63.3 Å². The van der Waals surface area contributed by atoms with E-state index in [9.17, 15) is 0 Å². The van der Waals surface area contributed by atoms with Crippen LogP contribution >= 0.6 is 22.9 Å². The molecule has 0 bridgehead atoms. The third-order valence-corrected chi connectivity index (χ3v) is 6.02. The van der Waals surface area contributed by atoms with Gasteiger partial charge < -0.3 is 5.32 Å². The molecule has 0 saturated carbocycles. The minimum atomic E-state index is 0.0422. The molecule has 4 heteroatoms. The van der Waals surface area contributed by atoms with Crippen molar-refractivity contribution < 1.29 is 0 Å². The van der Waals surface area contributed by atoms with Gasteiger partial charge in [-0.1, -0.05) is 44.2 Å². The fourth-order valence-corrected chi connectivity index (χ4v) is 4.66. The monoisotopic (exact) mass is 362 g/mol. The van der Waals surface area contributed by atoms with Crippen molar-refractivity contribution >= 4 is 38.9 Å². The molecule has 0 aliphatic carbocycles. The lowest BCUT2D eigenvalue weighted by molar-refractivity contribution is 0.506. The number of halogens is 1. The van der Waals surface area contributed by atoms with Gasteiger partial charge in [-0.15, -0.1) is 11.3 Å². The molecule has 2 nitrogen and oxygen atoms in total. The van der Waals surface area contributed by atoms with Gasteiger partial charge in [0, 0.05) is 25.5 Å². The van der Waals surface area contributed by atoms with Crippen LogP contribution in [0.15, 0.2) is 23.2 Å². The topological polar surface area (TPSA) is 24.4 Å². The maximum atomic E-state index is 6.27. The molecule has 1 aromatic carbocycles. The molecule has 3 rings (SSSR count). The molecule has 0 spiro atoms. The summed E-state index contributed by atoms with van der Waals surface area (Å²) < 4.78 is 1.31. The molecule has 2 aromatic rings. The summed E-state index contributed by atoms with van der Waals surface area (Å²) in [5.74, 6) is 1.05. The number of nitrogens with one attached hydrogen (secondary N) is 1. The van der Waals surface area contributed by atoms with Crippen LogP contribution in [0, 0.1) is 0 Å². The number of hydrogen-bond acceptors (Lipinski definition) is 3. The molecule has 0 radical (unpaired) electrons. The predicted octanol–water partition coefficient (Wildman–Crippen LogP) is 6.20. The molecule has 0 saturated heterocycles. The van der Waals surface area contributed by atoms with Gasteiger partial charge in [0.15, 0.2) is 0 Å². The first-order chi connectivity index (χ1) is 11.5. The highest BCUT2D eigenvalue weighted by Gasteiger charge is 2.28. The number of thiophene rings is 1. The minimum Gasteiger partial charge on any atom is -0.363 e. The Morgan fingerprint density at radius 1 is 1.21 bits per heavy atom. The third-order valence-electron chi connectivity index (χ3n) is 4.56. The molecule has 24 heavy (non-hydrogen) atoms. The largest absolute Gasteiger partial charge is 0.363 e. The third kappa shape index (κ3) is 3.94. The highest BCUT2D eigenvalue weighted by atomic mass is 35.5. The number of nitrogens with zero attached hydrogens (tertiary/aromatic N) is 1. The van der Waals surface area contributed by atoms with Crippen LogP contribution in [-0.2, 0) is 6.42 Å². The Labute approximate surface area is 154 Å². The van der Waals surface area contributed by atoms with Gasteiger partial charge in [-0.25, -0.2) is 0 Å². The molecule has 1 aliphatic rings. The standard InChI is InChI=1S/C20H27ClN2S/c1-4-5-6-7-8-9-17-18(19-22-13-20(2,3)23-19)15-12-14(21)10-11-16(15)24-17/h10-12H,4-9,13H2,1-3H3,(H,22,23). The molecule has 0 unspecified atom stereocenters. The zero-order chi connectivity index (χ0) is 17.2. The van der Waals surface area contributed by atoms with E-state index in [1.165, 1.54) is 52.6 Å². The van der Waals surface area contributed by atoms with E-state index < -0.39 is 0 Å². The Bertz CT molecular complexity index is 745. The van der Waals surface area contributed by atoms with Gasteiger partial charge in [0.25, 0.3) is 0 Å². The van der Waals surface area contributed by atoms with Crippen molar-refractivity contribution in [2.24, 2.45) is 4.99 Å². The summed E-state index contributed by atoms with van der Waals surface area (Å²) in [5, 5.41) is 5.66. The predicted molar refractivity (Wildman–Crippen MR) is 108 cm³/mol. The van der Waals surface area contributed by atoms with E-state index in [4.69, 9.17) is 16.6 Å². The van der Waals surface area contributed by atoms with E-state index in [2.05, 4.69) is 38.2 Å². The van der Waals surface area contributed by atoms with Crippen molar-refractivity contribution in [3.8, 4) is 0 Å². The van der Waals surface area contributed by atoms with Crippen molar-refractivity contribution in [2.75, 3.05) is 6.54 Å². The maximum absolute atomic E-state index is 6.27. The van der Waals surface area contributed by atoms with Crippen LogP contribution < -0.4 is 5.32 Å². The van der Waals surface area contributed by atoms with Gasteiger partial charge in [-0.05, 0) is 44.9 Å². The molecule has 0 fully saturated rings. The van der Waals surface area contributed by atoms with Gasteiger partial charge in [-0.3, -0.25) is 4.99 Å². The number of rotatable bonds is 7. The SMILES string of the molecule is CCCCCCCc1sc2ccc(Cl)cc2c1C1=NCC(C)(C)N1. The molecule has 2 heterocycles. The molecular formula is C20H27ClN2S. The Morgan fingerprint density at radius 3 is 2.71 bits per heavy atom. The van der Waals surface area contributed by atoms with Crippen LogP contribution in [0.5, 0.6) is 0 Å². The molecule has 0 amide bonds. The van der Waals surface area contributed by atoms with E-state index >= 15 is 0 Å². The highest BCUT2D eigenvalue weighted by Crippen LogP contribution is 2.35. The molecule has 1 aromatic heterocycles. The van der Waals surface area contributed by atoms with Crippen LogP contribution in [0.25, 0.3) is 10.1 Å². The van der Waals surface area contributed by atoms with E-state index in [1.807, 2.05) is 17.4 Å². The molecular weight excluding hydrogens is 336 g/mol. The van der Waals surface area contributed by atoms with Crippen molar-refractivity contribution in [1.82, 2.24) is 5.32 Å². The summed E-state index contributed by atoms with van der Waals surface area (Å²) in [4.78, 5) is 6.25. The summed E-state index contributed by atoms with van der Waals surface area (Å²) in [6.45, 7) is 7.50. The van der Waals surface area contributed by atoms with Crippen molar-refractivity contribution in [2.45, 2.75) is 64.8 Å². The molecule has 1 N–H and O–H groups in total. The molecule has 1 aliphatic heterocycles. The number of hydrogen-bond donors (Lipinski definition) is 1. The summed E-state index contributed by atoms with van der Waals surface area (Å²) in [6.07, 6.45) is 7.68. The average Bonchev–Trinajstić information content (AvgIpc) is 3.06. The van der Waals surface area contributed by atoms with Crippen molar-refractivity contribution in [3.05, 3.63) is 33.7 Å². The number of fused-ring (bicyclic) bond motifs is 1. The van der Waals surface area contributed by atoms with E-state index in [0.717, 1.165) is 23.8 Å². The average molecular weight is 363 g/mol. The summed E-state index contributed by atoms with van der Waals surface area (Å²) in [7, 11) is 0. The molecule has 0 atom stereocenters. The van der Waals surface area contributed by atoms with Crippen molar-refractivity contribution in [1.29, 1.82) is 0 Å². The fourth-order valence-electron chi connectivity index (χ4n) is 3.26. The summed E-state index contributed by atoms with van der Waals surface area (Å²) in [6, 6.07) is 6.23. The maximum Gasteiger partial charge on any atom is 0.130 e. The lowest BCUT2D eigenvalue weighted by atomic mass is 10.0. The Kier molecular flexibility index (Phi) is 5.51. The lowest BCUT2D eigenvalue weighted by Crippen LogP contribution is -2.40. The number of unbranched alkanes of at least 4 members (excludes halogenated alkanes) is 4. The zero-order valence-electron chi connectivity index (χ0n) is 14.9. The highest BCUT2D eigenvalue weighted by molar-refractivity contribution is 7.19. The van der Waals surface area contributed by atoms with E-state index in [0.29, 0.717) is 0 Å². The number of aryl methyl sites for hydroxylation is 1. The second-order valence-corrected chi connectivity index (χ2v) is 8.95. The second-order valence-electron chi connectivity index (χ2n) is 7.38. The summed E-state index contributed by atoms with van der Waals surface area (Å²) >= 11 is 8.17. The first-order valence-electron chi connectivity index (χ1n) is 9.04. The van der Waals surface area contributed by atoms with Crippen molar-refractivity contribution in [3.63, 3.8) is 0 Å². The Morgan fingerprint density at radius 2 is 2.00 bits per heavy atom. The van der Waals surface area contributed by atoms with Crippen LogP contribution in [0.4, 0.5) is 0 Å². The Balaban J connectivity index is 1.88. The minimum absolute atomic E-state index is 0.0422. The fraction of sp³-hybridized carbons (Fsp3) is 0.550. The van der Waals surface area contributed by atoms with E-state index in [-0.39, 0.29) is 5.54 Å². The van der Waals surface area contributed by atoms with Gasteiger partial charge in [0.05, 0.1) is 12.1 Å². The lowest BCUT2D eigenvalue weighted by Gasteiger charge is -2.18. The first kappa shape index (κ1) is 17.8. The number of aliphatic imine (C=N–C) groups is 1. The van der Waals surface area contributed by atoms with E-state index in [1.54, 1.807) is 0 Å². The van der Waals surface area contributed by atoms with Crippen LogP contribution in [-0.4, -0.2) is 17.9 Å². The summed E-state index contributed by atoms with van der Waals surface area (Å²) in [5.41, 5.74) is 1.33. The van der Waals surface area contributed by atoms with Gasteiger partial charge >= 0.3 is 0 Å². The van der Waals surface area contributed by atoms with Crippen LogP contribution in [0.3, 0.4) is 0 Å². The Hall–Kier alpha value is -1.06. The van der Waals surface area contributed by atoms with Crippen LogP contribution in [0.2, 0.25) is 5.02 Å². The van der Waals surface area contributed by atoms with Gasteiger partial charge in [0.2, 0.25) is 0 Å². The smallest absolute Gasteiger partial charge is 0.130 e. The normalized spacial score (nSPS) is 16.4. The quantitative estimate of drug-likeness (QED) is 0.583. The number of benzene rings is 1. The zero-order valence-corrected chi connectivity index (χ0v) is 16.5. The first-order valence-corrected chi connectivity index (χ1v) is 10.2. The van der Waals surface area contributed by atoms with Gasteiger partial charge in [-0.2, -0.15) is 0 Å².